The van der Waals surface area contributed by atoms with Gasteiger partial charge in [-0.3, -0.25) is 10.1 Å². The minimum absolute atomic E-state index is 0.109. The highest BCUT2D eigenvalue weighted by Crippen LogP contribution is 2.23. The van der Waals surface area contributed by atoms with E-state index < -0.39 is 10.9 Å². The molecule has 0 saturated heterocycles. The van der Waals surface area contributed by atoms with E-state index in [-0.39, 0.29) is 17.0 Å². The Balaban J connectivity index is 2.12. The quantitative estimate of drug-likeness (QED) is 0.482. The number of rotatable bonds is 6. The summed E-state index contributed by atoms with van der Waals surface area (Å²) < 4.78 is 4.66. The molecule has 23 heavy (non-hydrogen) atoms. The molecule has 0 atom stereocenters. The van der Waals surface area contributed by atoms with E-state index in [0.29, 0.717) is 18.7 Å². The Morgan fingerprint density at radius 1 is 1.30 bits per heavy atom. The van der Waals surface area contributed by atoms with Gasteiger partial charge in [-0.05, 0) is 30.2 Å². The predicted octanol–water partition coefficient (Wildman–Crippen LogP) is 2.74. The van der Waals surface area contributed by atoms with Crippen LogP contribution in [0.3, 0.4) is 0 Å². The van der Waals surface area contributed by atoms with Crippen LogP contribution in [-0.2, 0) is 11.2 Å². The fraction of sp³-hybridized carbons (Fsp3) is 0.188. The van der Waals surface area contributed by atoms with Crippen molar-refractivity contribution in [1.82, 2.24) is 0 Å². The van der Waals surface area contributed by atoms with Crippen LogP contribution in [-0.4, -0.2) is 29.7 Å². The fourth-order valence-electron chi connectivity index (χ4n) is 2.13. The van der Waals surface area contributed by atoms with E-state index in [2.05, 4.69) is 10.1 Å². The number of nitro benzene ring substituents is 1. The first kappa shape index (κ1) is 16.3. The van der Waals surface area contributed by atoms with Crippen molar-refractivity contribution < 1.29 is 19.6 Å². The number of benzene rings is 2. The van der Waals surface area contributed by atoms with Gasteiger partial charge < -0.3 is 15.2 Å². The number of esters is 1. The minimum atomic E-state index is -0.645. The average Bonchev–Trinajstić information content (AvgIpc) is 2.54. The third-order valence-corrected chi connectivity index (χ3v) is 3.26. The molecule has 0 heterocycles. The topological polar surface area (TPSA) is 102 Å². The molecule has 0 aliphatic rings. The number of hydrogen-bond donors (Lipinski definition) is 2. The van der Waals surface area contributed by atoms with E-state index in [9.17, 15) is 20.0 Å². The second-order valence-electron chi connectivity index (χ2n) is 4.83. The number of ether oxygens (including phenoxy) is 1. The lowest BCUT2D eigenvalue weighted by atomic mass is 10.1. The lowest BCUT2D eigenvalue weighted by molar-refractivity contribution is -0.384. The second kappa shape index (κ2) is 7.26. The van der Waals surface area contributed by atoms with Crippen LogP contribution in [0.1, 0.15) is 15.9 Å². The summed E-state index contributed by atoms with van der Waals surface area (Å²) in [5.74, 6) is -0.457. The van der Waals surface area contributed by atoms with E-state index >= 15 is 0 Å². The zero-order chi connectivity index (χ0) is 16.8. The van der Waals surface area contributed by atoms with Gasteiger partial charge in [0.25, 0.3) is 5.69 Å². The van der Waals surface area contributed by atoms with Crippen LogP contribution in [0.4, 0.5) is 11.4 Å². The van der Waals surface area contributed by atoms with Crippen LogP contribution in [0.25, 0.3) is 0 Å². The Morgan fingerprint density at radius 3 is 2.74 bits per heavy atom. The van der Waals surface area contributed by atoms with Crippen molar-refractivity contribution in [2.45, 2.75) is 6.42 Å². The van der Waals surface area contributed by atoms with Crippen molar-refractivity contribution in [3.63, 3.8) is 0 Å². The number of hydrogen-bond acceptors (Lipinski definition) is 6. The normalized spacial score (nSPS) is 10.1. The fourth-order valence-corrected chi connectivity index (χ4v) is 2.13. The number of phenolic OH excluding ortho intramolecular Hbond substituents is 1. The van der Waals surface area contributed by atoms with Crippen molar-refractivity contribution >= 4 is 17.3 Å². The zero-order valence-corrected chi connectivity index (χ0v) is 12.5. The number of nitrogens with one attached hydrogen (secondary N) is 1. The number of carbonyl (C=O) groups excluding carboxylic acids is 1. The van der Waals surface area contributed by atoms with Crippen LogP contribution >= 0.6 is 0 Å². The van der Waals surface area contributed by atoms with Crippen molar-refractivity contribution in [3.8, 4) is 5.75 Å². The molecule has 0 bridgehead atoms. The summed E-state index contributed by atoms with van der Waals surface area (Å²) in [7, 11) is 1.22. The van der Waals surface area contributed by atoms with Gasteiger partial charge in [-0.25, -0.2) is 4.79 Å². The SMILES string of the molecule is COC(=O)c1cc([N+](=O)[O-])ccc1NCCc1cccc(O)c1. The molecule has 0 amide bonds. The summed E-state index contributed by atoms with van der Waals surface area (Å²) in [5, 5.41) is 23.3. The van der Waals surface area contributed by atoms with Crippen molar-refractivity contribution in [2.24, 2.45) is 0 Å². The van der Waals surface area contributed by atoms with E-state index in [1.807, 2.05) is 6.07 Å². The molecule has 0 saturated carbocycles. The van der Waals surface area contributed by atoms with Gasteiger partial charge in [0.2, 0.25) is 0 Å². The van der Waals surface area contributed by atoms with Crippen LogP contribution in [0.15, 0.2) is 42.5 Å². The number of nitrogens with zero attached hydrogens (tertiary/aromatic N) is 1. The predicted molar refractivity (Wildman–Crippen MR) is 84.7 cm³/mol. The molecule has 120 valence electrons. The number of non-ortho nitro benzene ring substituents is 1. The second-order valence-corrected chi connectivity index (χ2v) is 4.83. The molecule has 0 aliphatic heterocycles. The summed E-state index contributed by atoms with van der Waals surface area (Å²) in [4.78, 5) is 22.0. The summed E-state index contributed by atoms with van der Waals surface area (Å²) in [6, 6.07) is 10.8. The summed E-state index contributed by atoms with van der Waals surface area (Å²) >= 11 is 0. The molecule has 0 radical (unpaired) electrons. The van der Waals surface area contributed by atoms with Gasteiger partial charge >= 0.3 is 5.97 Å². The van der Waals surface area contributed by atoms with Crippen LogP contribution in [0.5, 0.6) is 5.75 Å². The number of nitro groups is 1. The van der Waals surface area contributed by atoms with Gasteiger partial charge in [0, 0.05) is 24.4 Å². The standard InChI is InChI=1S/C16H16N2O5/c1-23-16(20)14-10-12(18(21)22)5-6-15(14)17-8-7-11-3-2-4-13(19)9-11/h2-6,9-10,17,19H,7-8H2,1H3. The van der Waals surface area contributed by atoms with Crippen molar-refractivity contribution in [2.75, 3.05) is 19.0 Å². The first-order valence-electron chi connectivity index (χ1n) is 6.90. The molecule has 2 aromatic rings. The van der Waals surface area contributed by atoms with Gasteiger partial charge in [-0.15, -0.1) is 0 Å². The summed E-state index contributed by atoms with van der Waals surface area (Å²) in [6.07, 6.45) is 0.617. The molecule has 0 aromatic heterocycles. The van der Waals surface area contributed by atoms with Crippen molar-refractivity contribution in [1.29, 1.82) is 0 Å². The Hall–Kier alpha value is -3.09. The van der Waals surface area contributed by atoms with Crippen LogP contribution < -0.4 is 5.32 Å². The minimum Gasteiger partial charge on any atom is -0.508 e. The highest BCUT2D eigenvalue weighted by molar-refractivity contribution is 5.96. The maximum Gasteiger partial charge on any atom is 0.340 e. The van der Waals surface area contributed by atoms with E-state index in [4.69, 9.17) is 0 Å². The zero-order valence-electron chi connectivity index (χ0n) is 12.5. The molecule has 0 fully saturated rings. The Morgan fingerprint density at radius 2 is 2.09 bits per heavy atom. The Bertz CT molecular complexity index is 730. The monoisotopic (exact) mass is 316 g/mol. The van der Waals surface area contributed by atoms with Gasteiger partial charge in [0.05, 0.1) is 17.6 Å². The molecular weight excluding hydrogens is 300 g/mol. The number of anilines is 1. The van der Waals surface area contributed by atoms with Gasteiger partial charge in [0.15, 0.2) is 0 Å². The van der Waals surface area contributed by atoms with Gasteiger partial charge in [0.1, 0.15) is 5.75 Å². The third-order valence-electron chi connectivity index (χ3n) is 3.26. The van der Waals surface area contributed by atoms with Crippen LogP contribution in [0, 0.1) is 10.1 Å². The number of methoxy groups -OCH3 is 1. The lowest BCUT2D eigenvalue weighted by Gasteiger charge is -2.11. The van der Waals surface area contributed by atoms with E-state index in [0.717, 1.165) is 5.56 Å². The maximum atomic E-state index is 11.8. The summed E-state index contributed by atoms with van der Waals surface area (Å²) in [5.41, 5.74) is 1.32. The number of aromatic hydroxyl groups is 1. The number of carbonyl (C=O) groups is 1. The molecule has 2 aromatic carbocycles. The lowest BCUT2D eigenvalue weighted by Crippen LogP contribution is -2.11. The van der Waals surface area contributed by atoms with Crippen LogP contribution in [0.2, 0.25) is 0 Å². The Kier molecular flexibility index (Phi) is 5.14. The van der Waals surface area contributed by atoms with E-state index in [1.165, 1.54) is 25.3 Å². The maximum absolute atomic E-state index is 11.8. The summed E-state index contributed by atoms with van der Waals surface area (Å²) in [6.45, 7) is 0.491. The first-order valence-corrected chi connectivity index (χ1v) is 6.90. The molecule has 0 spiro atoms. The largest absolute Gasteiger partial charge is 0.508 e. The number of phenols is 1. The molecule has 0 unspecified atom stereocenters. The highest BCUT2D eigenvalue weighted by Gasteiger charge is 2.17. The Labute approximate surface area is 132 Å². The first-order chi connectivity index (χ1) is 11.0. The molecule has 7 heteroatoms. The molecule has 7 nitrogen and oxygen atoms in total. The third kappa shape index (κ3) is 4.19. The molecular formula is C16H16N2O5. The molecule has 2 rings (SSSR count). The average molecular weight is 316 g/mol. The van der Waals surface area contributed by atoms with Gasteiger partial charge in [-0.1, -0.05) is 12.1 Å². The molecule has 0 aliphatic carbocycles. The van der Waals surface area contributed by atoms with Crippen molar-refractivity contribution in [3.05, 3.63) is 63.7 Å². The van der Waals surface area contributed by atoms with Gasteiger partial charge in [-0.2, -0.15) is 0 Å². The van der Waals surface area contributed by atoms with E-state index in [1.54, 1.807) is 18.2 Å². The molecule has 2 N–H and O–H groups in total. The highest BCUT2D eigenvalue weighted by atomic mass is 16.6. The smallest absolute Gasteiger partial charge is 0.340 e.